The van der Waals surface area contributed by atoms with Crippen LogP contribution in [-0.2, 0) is 0 Å². The highest BCUT2D eigenvalue weighted by Gasteiger charge is 2.15. The Morgan fingerprint density at radius 1 is 1.00 bits per heavy atom. The molecule has 0 aromatic heterocycles. The van der Waals surface area contributed by atoms with E-state index < -0.39 is 5.97 Å². The third kappa shape index (κ3) is 3.65. The summed E-state index contributed by atoms with van der Waals surface area (Å²) in [6, 6.07) is 5.39. The molecule has 2 N–H and O–H groups in total. The number of carboxylic acids is 1. The molecular weight excluding hydrogens is 372 g/mol. The van der Waals surface area contributed by atoms with Crippen LogP contribution in [0, 0.1) is 0 Å². The van der Waals surface area contributed by atoms with Crippen LogP contribution < -0.4 is 0 Å². The van der Waals surface area contributed by atoms with Crippen molar-refractivity contribution in [3.63, 3.8) is 0 Å². The molecule has 0 saturated heterocycles. The standard InChI is InChI=1S/C14H7Cl4NO3/c15-7-1-6(13(20)11(18)4-7)5-19-12-9(14(21)22)2-8(16)3-10(12)17/h1-5,20H,(H,21,22). The van der Waals surface area contributed by atoms with Crippen LogP contribution in [0.15, 0.2) is 29.3 Å². The van der Waals surface area contributed by atoms with E-state index in [1.54, 1.807) is 0 Å². The number of aromatic carboxylic acids is 1. The summed E-state index contributed by atoms with van der Waals surface area (Å²) in [5, 5.41) is 19.6. The number of aromatic hydroxyl groups is 1. The fourth-order valence-electron chi connectivity index (χ4n) is 1.68. The van der Waals surface area contributed by atoms with Gasteiger partial charge in [0.25, 0.3) is 0 Å². The number of rotatable bonds is 3. The van der Waals surface area contributed by atoms with Crippen molar-refractivity contribution in [3.8, 4) is 5.75 Å². The molecule has 0 aliphatic rings. The monoisotopic (exact) mass is 377 g/mol. The topological polar surface area (TPSA) is 69.9 Å². The van der Waals surface area contributed by atoms with Crippen molar-refractivity contribution in [1.82, 2.24) is 0 Å². The summed E-state index contributed by atoms with van der Waals surface area (Å²) < 4.78 is 0. The van der Waals surface area contributed by atoms with E-state index in [-0.39, 0.29) is 37.6 Å². The number of carboxylic acid groups (broad SMARTS) is 1. The lowest BCUT2D eigenvalue weighted by molar-refractivity contribution is 0.0698. The summed E-state index contributed by atoms with van der Waals surface area (Å²) in [5.74, 6) is -1.46. The summed E-state index contributed by atoms with van der Waals surface area (Å²) in [5.41, 5.74) is 0.0651. The fraction of sp³-hybridized carbons (Fsp3) is 0. The first-order valence-electron chi connectivity index (χ1n) is 5.74. The molecular formula is C14H7Cl4NO3. The van der Waals surface area contributed by atoms with E-state index in [9.17, 15) is 15.0 Å². The lowest BCUT2D eigenvalue weighted by atomic mass is 10.1. The lowest BCUT2D eigenvalue weighted by Gasteiger charge is -2.06. The quantitative estimate of drug-likeness (QED) is 0.697. The minimum atomic E-state index is -1.23. The van der Waals surface area contributed by atoms with Crippen LogP contribution in [0.4, 0.5) is 5.69 Å². The van der Waals surface area contributed by atoms with Crippen molar-refractivity contribution in [3.05, 3.63) is 55.5 Å². The molecule has 0 radical (unpaired) electrons. The number of carbonyl (C=O) groups is 1. The molecule has 22 heavy (non-hydrogen) atoms. The van der Waals surface area contributed by atoms with Gasteiger partial charge in [-0.1, -0.05) is 46.4 Å². The second-order valence-electron chi connectivity index (χ2n) is 4.17. The van der Waals surface area contributed by atoms with Gasteiger partial charge in [0, 0.05) is 21.8 Å². The van der Waals surface area contributed by atoms with Crippen LogP contribution in [0.1, 0.15) is 15.9 Å². The average Bonchev–Trinajstić information content (AvgIpc) is 2.41. The summed E-state index contributed by atoms with van der Waals surface area (Å²) in [6.07, 6.45) is 1.22. The number of hydrogen-bond donors (Lipinski definition) is 2. The molecule has 0 fully saturated rings. The van der Waals surface area contributed by atoms with Gasteiger partial charge in [-0.05, 0) is 24.3 Å². The van der Waals surface area contributed by atoms with Crippen LogP contribution in [0.3, 0.4) is 0 Å². The summed E-state index contributed by atoms with van der Waals surface area (Å²) in [4.78, 5) is 15.2. The molecule has 114 valence electrons. The number of phenols is 1. The third-order valence-electron chi connectivity index (χ3n) is 2.65. The number of benzene rings is 2. The maximum atomic E-state index is 11.2. The van der Waals surface area contributed by atoms with E-state index in [1.807, 2.05) is 0 Å². The normalized spacial score (nSPS) is 11.1. The van der Waals surface area contributed by atoms with Gasteiger partial charge in [-0.25, -0.2) is 4.79 Å². The summed E-state index contributed by atoms with van der Waals surface area (Å²) >= 11 is 23.4. The highest BCUT2D eigenvalue weighted by atomic mass is 35.5. The SMILES string of the molecule is O=C(O)c1cc(Cl)cc(Cl)c1N=Cc1cc(Cl)cc(Cl)c1O. The lowest BCUT2D eigenvalue weighted by Crippen LogP contribution is -1.97. The Kier molecular flexibility index (Phi) is 5.19. The molecule has 2 aromatic carbocycles. The molecule has 4 nitrogen and oxygen atoms in total. The molecule has 0 heterocycles. The first-order chi connectivity index (χ1) is 10.3. The molecule has 2 rings (SSSR count). The first-order valence-corrected chi connectivity index (χ1v) is 7.25. The Morgan fingerprint density at radius 3 is 2.23 bits per heavy atom. The van der Waals surface area contributed by atoms with Crippen molar-refractivity contribution in [1.29, 1.82) is 0 Å². The Bertz CT molecular complexity index is 790. The number of phenolic OH excluding ortho intramolecular Hbond substituents is 1. The van der Waals surface area contributed by atoms with Crippen LogP contribution >= 0.6 is 46.4 Å². The number of nitrogens with zero attached hydrogens (tertiary/aromatic N) is 1. The van der Waals surface area contributed by atoms with Gasteiger partial charge in [0.15, 0.2) is 0 Å². The minimum Gasteiger partial charge on any atom is -0.506 e. The largest absolute Gasteiger partial charge is 0.506 e. The zero-order valence-corrected chi connectivity index (χ0v) is 13.7. The number of hydrogen-bond acceptors (Lipinski definition) is 3. The molecule has 0 aliphatic carbocycles. The molecule has 0 aliphatic heterocycles. The smallest absolute Gasteiger partial charge is 0.338 e. The second-order valence-corrected chi connectivity index (χ2v) is 5.86. The van der Waals surface area contributed by atoms with E-state index in [4.69, 9.17) is 46.4 Å². The van der Waals surface area contributed by atoms with Gasteiger partial charge in [-0.3, -0.25) is 4.99 Å². The van der Waals surface area contributed by atoms with Crippen molar-refractivity contribution in [2.75, 3.05) is 0 Å². The van der Waals surface area contributed by atoms with E-state index >= 15 is 0 Å². The second kappa shape index (κ2) is 6.75. The van der Waals surface area contributed by atoms with Crippen molar-refractivity contribution < 1.29 is 15.0 Å². The van der Waals surface area contributed by atoms with Gasteiger partial charge in [0.05, 0.1) is 21.3 Å². The van der Waals surface area contributed by atoms with E-state index in [2.05, 4.69) is 4.99 Å². The predicted molar refractivity (Wildman–Crippen MR) is 88.8 cm³/mol. The first kappa shape index (κ1) is 16.9. The summed E-state index contributed by atoms with van der Waals surface area (Å²) in [6.45, 7) is 0. The Balaban J connectivity index is 2.54. The van der Waals surface area contributed by atoms with Crippen molar-refractivity contribution >= 4 is 64.3 Å². The highest BCUT2D eigenvalue weighted by Crippen LogP contribution is 2.34. The van der Waals surface area contributed by atoms with Gasteiger partial charge in [-0.2, -0.15) is 0 Å². The highest BCUT2D eigenvalue weighted by molar-refractivity contribution is 6.37. The maximum absolute atomic E-state index is 11.2. The molecule has 0 unspecified atom stereocenters. The maximum Gasteiger partial charge on any atom is 0.338 e. The van der Waals surface area contributed by atoms with Crippen molar-refractivity contribution in [2.45, 2.75) is 0 Å². The predicted octanol–water partition coefficient (Wildman–Crippen LogP) is 5.45. The molecule has 0 amide bonds. The van der Waals surface area contributed by atoms with Crippen LogP contribution in [0.25, 0.3) is 0 Å². The molecule has 0 bridgehead atoms. The molecule has 2 aromatic rings. The van der Waals surface area contributed by atoms with E-state index in [0.29, 0.717) is 5.02 Å². The summed E-state index contributed by atoms with van der Waals surface area (Å²) in [7, 11) is 0. The Labute approximate surface area is 145 Å². The Morgan fingerprint density at radius 2 is 1.59 bits per heavy atom. The molecule has 0 saturated carbocycles. The zero-order chi connectivity index (χ0) is 16.4. The van der Waals surface area contributed by atoms with Crippen molar-refractivity contribution in [2.24, 2.45) is 4.99 Å². The fourth-order valence-corrected chi connectivity index (χ4v) is 2.73. The molecule has 8 heteroatoms. The number of aliphatic imine (C=N–C) groups is 1. The van der Waals surface area contributed by atoms with Gasteiger partial charge < -0.3 is 10.2 Å². The van der Waals surface area contributed by atoms with Gasteiger partial charge in [0.1, 0.15) is 5.75 Å². The van der Waals surface area contributed by atoms with Crippen LogP contribution in [-0.4, -0.2) is 22.4 Å². The average molecular weight is 379 g/mol. The molecule has 0 atom stereocenters. The van der Waals surface area contributed by atoms with Gasteiger partial charge in [0.2, 0.25) is 0 Å². The van der Waals surface area contributed by atoms with Crippen LogP contribution in [0.2, 0.25) is 20.1 Å². The van der Waals surface area contributed by atoms with Gasteiger partial charge >= 0.3 is 5.97 Å². The van der Waals surface area contributed by atoms with E-state index in [0.717, 1.165) is 0 Å². The Hall–Kier alpha value is -1.46. The van der Waals surface area contributed by atoms with E-state index in [1.165, 1.54) is 30.5 Å². The van der Waals surface area contributed by atoms with Crippen LogP contribution in [0.5, 0.6) is 5.75 Å². The third-order valence-corrected chi connectivity index (χ3v) is 3.66. The van der Waals surface area contributed by atoms with Gasteiger partial charge in [-0.15, -0.1) is 0 Å². The number of halogens is 4. The minimum absolute atomic E-state index is 0.00839. The molecule has 0 spiro atoms. The zero-order valence-electron chi connectivity index (χ0n) is 10.6.